The van der Waals surface area contributed by atoms with E-state index in [-0.39, 0.29) is 12.5 Å². The lowest BCUT2D eigenvalue weighted by molar-refractivity contribution is -0.124. The van der Waals surface area contributed by atoms with E-state index in [1.165, 1.54) is 4.90 Å². The van der Waals surface area contributed by atoms with Gasteiger partial charge in [0.2, 0.25) is 5.91 Å². The van der Waals surface area contributed by atoms with Crippen LogP contribution in [0, 0.1) is 0 Å². The molecule has 0 saturated heterocycles. The second kappa shape index (κ2) is 6.75. The minimum atomic E-state index is -0.634. The number of nitrogens with one attached hydrogen (secondary N) is 1. The summed E-state index contributed by atoms with van der Waals surface area (Å²) in [5, 5.41) is 6.52. The Morgan fingerprint density at radius 1 is 1.38 bits per heavy atom. The number of carbonyl (C=O) groups is 3. The Labute approximate surface area is 141 Å². The van der Waals surface area contributed by atoms with E-state index in [2.05, 4.69) is 14.9 Å². The first-order valence-corrected chi connectivity index (χ1v) is 8.05. The maximum absolute atomic E-state index is 12.4. The summed E-state index contributed by atoms with van der Waals surface area (Å²) in [4.78, 5) is 37.7. The summed E-state index contributed by atoms with van der Waals surface area (Å²) in [6.07, 6.45) is 0.550. The first-order chi connectivity index (χ1) is 11.6. The zero-order valence-electron chi connectivity index (χ0n) is 12.8. The molecule has 0 radical (unpaired) electrons. The molecule has 1 N–H and O–H groups in total. The highest BCUT2D eigenvalue weighted by Gasteiger charge is 2.27. The van der Waals surface area contributed by atoms with Crippen LogP contribution in [0.25, 0.3) is 0 Å². The summed E-state index contributed by atoms with van der Waals surface area (Å²) in [7, 11) is 0. The van der Waals surface area contributed by atoms with E-state index in [4.69, 9.17) is 4.74 Å². The fraction of sp³-hybridized carbons (Fsp3) is 0.267. The van der Waals surface area contributed by atoms with Gasteiger partial charge in [-0.2, -0.15) is 0 Å². The number of rotatable bonds is 4. The van der Waals surface area contributed by atoms with Gasteiger partial charge in [0, 0.05) is 0 Å². The van der Waals surface area contributed by atoms with Crippen molar-refractivity contribution in [1.29, 1.82) is 0 Å². The molecule has 2 amide bonds. The molecule has 0 unspecified atom stereocenters. The van der Waals surface area contributed by atoms with Crippen LogP contribution in [0.15, 0.2) is 24.3 Å². The molecule has 1 aliphatic heterocycles. The first-order valence-electron chi connectivity index (χ1n) is 7.27. The van der Waals surface area contributed by atoms with Gasteiger partial charge in [0.1, 0.15) is 6.54 Å². The fourth-order valence-corrected chi connectivity index (χ4v) is 2.97. The summed E-state index contributed by atoms with van der Waals surface area (Å²) >= 11 is 0.934. The van der Waals surface area contributed by atoms with Crippen LogP contribution in [0.2, 0.25) is 0 Å². The third-order valence-corrected chi connectivity index (χ3v) is 4.22. The number of anilines is 2. The van der Waals surface area contributed by atoms with E-state index < -0.39 is 18.5 Å². The highest BCUT2D eigenvalue weighted by molar-refractivity contribution is 7.07. The number of aryl methyl sites for hydroxylation is 1. The van der Waals surface area contributed by atoms with Gasteiger partial charge in [0.15, 0.2) is 11.5 Å². The van der Waals surface area contributed by atoms with Crippen LogP contribution in [0.5, 0.6) is 0 Å². The molecule has 3 rings (SSSR count). The molecule has 9 heteroatoms. The smallest absolute Gasteiger partial charge is 0.352 e. The summed E-state index contributed by atoms with van der Waals surface area (Å²) < 4.78 is 8.78. The van der Waals surface area contributed by atoms with E-state index in [0.29, 0.717) is 28.4 Å². The van der Waals surface area contributed by atoms with Crippen molar-refractivity contribution in [3.05, 3.63) is 34.8 Å². The number of para-hydroxylation sites is 2. The average molecular weight is 346 g/mol. The highest BCUT2D eigenvalue weighted by Crippen LogP contribution is 2.28. The maximum Gasteiger partial charge on any atom is 0.352 e. The van der Waals surface area contributed by atoms with Crippen LogP contribution in [-0.4, -0.2) is 40.5 Å². The summed E-state index contributed by atoms with van der Waals surface area (Å²) in [6, 6.07) is 6.95. The Balaban J connectivity index is 1.70. The number of nitrogens with zero attached hydrogens (tertiary/aromatic N) is 3. The third kappa shape index (κ3) is 3.11. The Kier molecular flexibility index (Phi) is 4.52. The number of carbonyl (C=O) groups excluding carboxylic acids is 3. The van der Waals surface area contributed by atoms with Gasteiger partial charge in [-0.25, -0.2) is 4.79 Å². The van der Waals surface area contributed by atoms with Crippen LogP contribution < -0.4 is 10.2 Å². The van der Waals surface area contributed by atoms with Crippen molar-refractivity contribution in [3.63, 3.8) is 0 Å². The molecule has 0 fully saturated rings. The van der Waals surface area contributed by atoms with Crippen molar-refractivity contribution < 1.29 is 19.1 Å². The zero-order valence-corrected chi connectivity index (χ0v) is 13.6. The molecule has 0 spiro atoms. The zero-order chi connectivity index (χ0) is 17.1. The molecule has 1 aromatic carbocycles. The predicted molar refractivity (Wildman–Crippen MR) is 87.0 cm³/mol. The largest absolute Gasteiger partial charge is 0.451 e. The highest BCUT2D eigenvalue weighted by atomic mass is 32.1. The quantitative estimate of drug-likeness (QED) is 0.836. The van der Waals surface area contributed by atoms with Crippen molar-refractivity contribution in [1.82, 2.24) is 9.59 Å². The van der Waals surface area contributed by atoms with Crippen molar-refractivity contribution in [2.24, 2.45) is 0 Å². The number of amides is 2. The van der Waals surface area contributed by atoms with Crippen LogP contribution in [0.3, 0.4) is 0 Å². The molecule has 1 aromatic heterocycles. The predicted octanol–water partition coefficient (Wildman–Crippen LogP) is 1.24. The third-order valence-electron chi connectivity index (χ3n) is 3.47. The Morgan fingerprint density at radius 2 is 2.17 bits per heavy atom. The van der Waals surface area contributed by atoms with E-state index in [0.717, 1.165) is 11.5 Å². The van der Waals surface area contributed by atoms with Gasteiger partial charge in [-0.15, -0.1) is 5.10 Å². The normalized spacial score (nSPS) is 13.2. The molecule has 0 bridgehead atoms. The van der Waals surface area contributed by atoms with E-state index in [1.807, 2.05) is 6.92 Å². The number of hydrogen-bond acceptors (Lipinski definition) is 7. The number of aromatic nitrogens is 2. The van der Waals surface area contributed by atoms with Crippen molar-refractivity contribution in [3.8, 4) is 0 Å². The maximum atomic E-state index is 12.4. The van der Waals surface area contributed by atoms with Gasteiger partial charge >= 0.3 is 5.97 Å². The van der Waals surface area contributed by atoms with E-state index in [1.54, 1.807) is 24.3 Å². The molecule has 0 aliphatic carbocycles. The van der Waals surface area contributed by atoms with Crippen molar-refractivity contribution in [2.45, 2.75) is 13.3 Å². The molecule has 124 valence electrons. The Morgan fingerprint density at radius 3 is 2.96 bits per heavy atom. The molecular weight excluding hydrogens is 332 g/mol. The minimum Gasteiger partial charge on any atom is -0.451 e. The van der Waals surface area contributed by atoms with Crippen LogP contribution >= 0.6 is 11.5 Å². The van der Waals surface area contributed by atoms with E-state index >= 15 is 0 Å². The lowest BCUT2D eigenvalue weighted by Gasteiger charge is -2.28. The van der Waals surface area contributed by atoms with Crippen LogP contribution in [0.4, 0.5) is 11.4 Å². The van der Waals surface area contributed by atoms with Gasteiger partial charge in [-0.3, -0.25) is 14.5 Å². The SMILES string of the molecule is CCc1nnsc1C(=O)OCC(=O)N1CC(=O)Nc2ccccc21. The van der Waals surface area contributed by atoms with Gasteiger partial charge in [-0.1, -0.05) is 23.5 Å². The summed E-state index contributed by atoms with van der Waals surface area (Å²) in [6.45, 7) is 1.28. The Hall–Kier alpha value is -2.81. The topological polar surface area (TPSA) is 101 Å². The minimum absolute atomic E-state index is 0.115. The molecule has 2 heterocycles. The van der Waals surface area contributed by atoms with Crippen molar-refractivity contribution in [2.75, 3.05) is 23.4 Å². The number of ether oxygens (including phenoxy) is 1. The fourth-order valence-electron chi connectivity index (χ4n) is 2.32. The second-order valence-corrected chi connectivity index (χ2v) is 5.78. The Bertz CT molecular complexity index is 804. The van der Waals surface area contributed by atoms with Gasteiger partial charge in [0.05, 0.1) is 17.1 Å². The lowest BCUT2D eigenvalue weighted by Crippen LogP contribution is -2.44. The summed E-state index contributed by atoms with van der Waals surface area (Å²) in [5.74, 6) is -1.40. The van der Waals surface area contributed by atoms with Crippen LogP contribution in [-0.2, 0) is 20.7 Å². The van der Waals surface area contributed by atoms with E-state index in [9.17, 15) is 14.4 Å². The van der Waals surface area contributed by atoms with Crippen molar-refractivity contribution >= 4 is 40.7 Å². The van der Waals surface area contributed by atoms with Gasteiger partial charge in [0.25, 0.3) is 5.91 Å². The molecular formula is C15H14N4O4S. The average Bonchev–Trinajstić information content (AvgIpc) is 3.07. The standard InChI is InChI=1S/C15H14N4O4S/c1-2-9-14(24-18-17-9)15(22)23-8-13(21)19-7-12(20)16-10-5-3-4-6-11(10)19/h3-6H,2,7-8H2,1H3,(H,16,20). The first kappa shape index (κ1) is 16.1. The molecule has 0 saturated carbocycles. The molecule has 0 atom stereocenters. The molecule has 2 aromatic rings. The molecule has 24 heavy (non-hydrogen) atoms. The van der Waals surface area contributed by atoms with Gasteiger partial charge < -0.3 is 10.1 Å². The number of fused-ring (bicyclic) bond motifs is 1. The summed E-state index contributed by atoms with van der Waals surface area (Å²) in [5.41, 5.74) is 1.67. The van der Waals surface area contributed by atoms with Gasteiger partial charge in [-0.05, 0) is 30.1 Å². The number of esters is 1. The second-order valence-electron chi connectivity index (χ2n) is 5.02. The number of hydrogen-bond donors (Lipinski definition) is 1. The molecule has 8 nitrogen and oxygen atoms in total. The monoisotopic (exact) mass is 346 g/mol. The van der Waals surface area contributed by atoms with Crippen LogP contribution in [0.1, 0.15) is 22.3 Å². The molecule has 1 aliphatic rings. The number of benzene rings is 1. The lowest BCUT2D eigenvalue weighted by atomic mass is 10.2.